The van der Waals surface area contributed by atoms with Gasteiger partial charge in [-0.3, -0.25) is 4.98 Å². The fraction of sp³-hybridized carbons (Fsp3) is 0.158. The fourth-order valence-corrected chi connectivity index (χ4v) is 4.59. The molecule has 5 rings (SSSR count). The zero-order chi connectivity index (χ0) is 18.9. The van der Waals surface area contributed by atoms with Crippen LogP contribution in [0.15, 0.2) is 53.3 Å². The van der Waals surface area contributed by atoms with Crippen LogP contribution in [0.2, 0.25) is 0 Å². The van der Waals surface area contributed by atoms with Gasteiger partial charge in [-0.15, -0.1) is 21.5 Å². The van der Waals surface area contributed by atoms with Crippen molar-refractivity contribution in [2.45, 2.75) is 10.9 Å². The molecule has 0 amide bonds. The third kappa shape index (κ3) is 3.23. The minimum atomic E-state index is 0.275. The maximum Gasteiger partial charge on any atom is 0.231 e. The normalized spacial score (nSPS) is 12.5. The number of hydrogen-bond acceptors (Lipinski definition) is 8. The van der Waals surface area contributed by atoms with Crippen LogP contribution in [0.4, 0.5) is 0 Å². The Kier molecular flexibility index (Phi) is 4.46. The highest BCUT2D eigenvalue weighted by molar-refractivity contribution is 7.98. The molecule has 1 aromatic carbocycles. The van der Waals surface area contributed by atoms with Gasteiger partial charge in [0.05, 0.1) is 5.69 Å². The molecule has 28 heavy (non-hydrogen) atoms. The predicted molar refractivity (Wildman–Crippen MR) is 107 cm³/mol. The van der Waals surface area contributed by atoms with E-state index in [1.165, 1.54) is 0 Å². The number of thiazole rings is 1. The molecular weight excluding hydrogens is 394 g/mol. The molecule has 4 aromatic rings. The van der Waals surface area contributed by atoms with Gasteiger partial charge in [0, 0.05) is 41.7 Å². The first-order chi connectivity index (χ1) is 13.8. The van der Waals surface area contributed by atoms with Crippen molar-refractivity contribution in [1.82, 2.24) is 24.7 Å². The molecule has 140 valence electrons. The lowest BCUT2D eigenvalue weighted by atomic mass is 10.2. The van der Waals surface area contributed by atoms with Crippen LogP contribution >= 0.6 is 23.1 Å². The van der Waals surface area contributed by atoms with E-state index in [9.17, 15) is 0 Å². The maximum absolute atomic E-state index is 5.45. The topological polar surface area (TPSA) is 75.0 Å². The molecule has 1 aliphatic heterocycles. The SMILES string of the molecule is Cn1c(SCc2csc(-c3ccc4c(c3)OCO4)n2)nnc1-c1cccnc1. The lowest BCUT2D eigenvalue weighted by Gasteiger charge is -2.02. The second-order valence-corrected chi connectivity index (χ2v) is 7.91. The zero-order valence-electron chi connectivity index (χ0n) is 14.9. The van der Waals surface area contributed by atoms with Crippen molar-refractivity contribution in [3.8, 4) is 33.5 Å². The minimum Gasteiger partial charge on any atom is -0.454 e. The summed E-state index contributed by atoms with van der Waals surface area (Å²) >= 11 is 3.23. The molecule has 7 nitrogen and oxygen atoms in total. The van der Waals surface area contributed by atoms with Crippen LogP contribution < -0.4 is 9.47 Å². The maximum atomic E-state index is 5.45. The second kappa shape index (κ2) is 7.25. The van der Waals surface area contributed by atoms with Crippen molar-refractivity contribution in [1.29, 1.82) is 0 Å². The van der Waals surface area contributed by atoms with Gasteiger partial charge >= 0.3 is 0 Å². The molecule has 3 aromatic heterocycles. The average molecular weight is 409 g/mol. The Labute approximate surface area is 169 Å². The molecule has 4 heterocycles. The Hall–Kier alpha value is -2.91. The van der Waals surface area contributed by atoms with Crippen LogP contribution in [0.5, 0.6) is 11.5 Å². The second-order valence-electron chi connectivity index (χ2n) is 6.11. The van der Waals surface area contributed by atoms with Crippen LogP contribution in [0.1, 0.15) is 5.69 Å². The molecule has 0 unspecified atom stereocenters. The molecule has 0 N–H and O–H groups in total. The van der Waals surface area contributed by atoms with Crippen LogP contribution in [0, 0.1) is 0 Å². The van der Waals surface area contributed by atoms with Crippen molar-refractivity contribution in [2.75, 3.05) is 6.79 Å². The molecule has 9 heteroatoms. The van der Waals surface area contributed by atoms with Gasteiger partial charge in [-0.05, 0) is 30.3 Å². The standard InChI is InChI=1S/C19H15N5O2S2/c1-24-17(13-3-2-6-20-8-13)22-23-19(24)28-10-14-9-27-18(21-14)12-4-5-15-16(7-12)26-11-25-15/h2-9H,10-11H2,1H3. The summed E-state index contributed by atoms with van der Waals surface area (Å²) in [5.74, 6) is 3.07. The summed E-state index contributed by atoms with van der Waals surface area (Å²) in [6, 6.07) is 9.77. The summed E-state index contributed by atoms with van der Waals surface area (Å²) in [7, 11) is 1.96. The average Bonchev–Trinajstić information content (AvgIpc) is 3.46. The third-order valence-electron chi connectivity index (χ3n) is 4.28. The number of fused-ring (bicyclic) bond motifs is 1. The quantitative estimate of drug-likeness (QED) is 0.461. The number of benzene rings is 1. The van der Waals surface area contributed by atoms with Gasteiger partial charge < -0.3 is 14.0 Å². The van der Waals surface area contributed by atoms with E-state index >= 15 is 0 Å². The van der Waals surface area contributed by atoms with Crippen LogP contribution in [-0.4, -0.2) is 31.5 Å². The van der Waals surface area contributed by atoms with Crippen LogP contribution in [0.3, 0.4) is 0 Å². The van der Waals surface area contributed by atoms with E-state index in [4.69, 9.17) is 14.5 Å². The summed E-state index contributed by atoms with van der Waals surface area (Å²) in [6.45, 7) is 0.275. The van der Waals surface area contributed by atoms with Crippen molar-refractivity contribution < 1.29 is 9.47 Å². The highest BCUT2D eigenvalue weighted by Gasteiger charge is 2.16. The van der Waals surface area contributed by atoms with Crippen molar-refractivity contribution in [3.63, 3.8) is 0 Å². The number of rotatable bonds is 5. The first-order valence-electron chi connectivity index (χ1n) is 8.55. The van der Waals surface area contributed by atoms with Crippen molar-refractivity contribution >= 4 is 23.1 Å². The predicted octanol–water partition coefficient (Wildman–Crippen LogP) is 4.02. The number of aromatic nitrogens is 5. The Balaban J connectivity index is 1.30. The van der Waals surface area contributed by atoms with Gasteiger partial charge in [-0.25, -0.2) is 4.98 Å². The largest absolute Gasteiger partial charge is 0.454 e. The van der Waals surface area contributed by atoms with Crippen LogP contribution in [0.25, 0.3) is 22.0 Å². The summed E-state index contributed by atoms with van der Waals surface area (Å²) in [5.41, 5.74) is 2.99. The molecule has 0 atom stereocenters. The Morgan fingerprint density at radius 3 is 2.96 bits per heavy atom. The van der Waals surface area contributed by atoms with Gasteiger partial charge in [0.15, 0.2) is 22.5 Å². The first kappa shape index (κ1) is 17.2. The van der Waals surface area contributed by atoms with Crippen molar-refractivity contribution in [2.24, 2.45) is 7.05 Å². The molecule has 0 spiro atoms. The molecule has 0 aliphatic carbocycles. The molecule has 0 radical (unpaired) electrons. The summed E-state index contributed by atoms with van der Waals surface area (Å²) in [4.78, 5) is 8.89. The van der Waals surface area contributed by atoms with Crippen molar-refractivity contribution in [3.05, 3.63) is 53.8 Å². The zero-order valence-corrected chi connectivity index (χ0v) is 16.5. The summed E-state index contributed by atoms with van der Waals surface area (Å²) < 4.78 is 12.8. The van der Waals surface area contributed by atoms with E-state index in [1.807, 2.05) is 41.9 Å². The van der Waals surface area contributed by atoms with Gasteiger partial charge in [0.25, 0.3) is 0 Å². The Morgan fingerprint density at radius 1 is 1.14 bits per heavy atom. The first-order valence-corrected chi connectivity index (χ1v) is 10.4. The number of nitrogens with zero attached hydrogens (tertiary/aromatic N) is 5. The van der Waals surface area contributed by atoms with E-state index in [0.717, 1.165) is 50.1 Å². The highest BCUT2D eigenvalue weighted by atomic mass is 32.2. The van der Waals surface area contributed by atoms with Gasteiger partial charge in [0.2, 0.25) is 6.79 Å². The van der Waals surface area contributed by atoms with E-state index in [1.54, 1.807) is 35.5 Å². The Bertz CT molecular complexity index is 1130. The molecule has 0 saturated heterocycles. The van der Waals surface area contributed by atoms with Gasteiger partial charge in [-0.1, -0.05) is 11.8 Å². The Morgan fingerprint density at radius 2 is 2.07 bits per heavy atom. The summed E-state index contributed by atoms with van der Waals surface area (Å²) in [5, 5.41) is 12.5. The number of ether oxygens (including phenoxy) is 2. The number of hydrogen-bond donors (Lipinski definition) is 0. The monoisotopic (exact) mass is 409 g/mol. The smallest absolute Gasteiger partial charge is 0.231 e. The highest BCUT2D eigenvalue weighted by Crippen LogP contribution is 2.37. The van der Waals surface area contributed by atoms with Crippen LogP contribution in [-0.2, 0) is 12.8 Å². The van der Waals surface area contributed by atoms with E-state index in [0.29, 0.717) is 0 Å². The molecule has 0 saturated carbocycles. The third-order valence-corrected chi connectivity index (χ3v) is 6.27. The van der Waals surface area contributed by atoms with E-state index < -0.39 is 0 Å². The van der Waals surface area contributed by atoms with Gasteiger partial charge in [-0.2, -0.15) is 0 Å². The van der Waals surface area contributed by atoms with Gasteiger partial charge in [0.1, 0.15) is 5.01 Å². The minimum absolute atomic E-state index is 0.275. The van der Waals surface area contributed by atoms with E-state index in [2.05, 4.69) is 20.6 Å². The molecule has 0 fully saturated rings. The molecule has 0 bridgehead atoms. The van der Waals surface area contributed by atoms with E-state index in [-0.39, 0.29) is 6.79 Å². The number of thioether (sulfide) groups is 1. The molecular formula is C19H15N5O2S2. The lowest BCUT2D eigenvalue weighted by Crippen LogP contribution is -1.95. The lowest BCUT2D eigenvalue weighted by molar-refractivity contribution is 0.174. The fourth-order valence-electron chi connectivity index (χ4n) is 2.86. The summed E-state index contributed by atoms with van der Waals surface area (Å²) in [6.07, 6.45) is 3.53. The molecule has 1 aliphatic rings. The number of pyridine rings is 1.